The molecule has 1 aliphatic rings. The van der Waals surface area contributed by atoms with Crippen LogP contribution in [0.15, 0.2) is 84.0 Å². The molecule has 4 aromatic rings. The lowest BCUT2D eigenvalue weighted by atomic mass is 10.2. The van der Waals surface area contributed by atoms with E-state index >= 15 is 0 Å². The molecule has 1 N–H and O–H groups in total. The zero-order valence-corrected chi connectivity index (χ0v) is 19.2. The Labute approximate surface area is 200 Å². The molecule has 2 amide bonds. The van der Waals surface area contributed by atoms with Crippen molar-refractivity contribution in [1.82, 2.24) is 14.8 Å². The normalized spacial score (nSPS) is 12.7. The fourth-order valence-corrected chi connectivity index (χ4v) is 4.59. The third-order valence-corrected chi connectivity index (χ3v) is 6.31. The lowest BCUT2D eigenvalue weighted by molar-refractivity contribution is -0.120. The van der Waals surface area contributed by atoms with Crippen LogP contribution >= 0.6 is 11.8 Å². The number of nitrogens with one attached hydrogen (secondary N) is 1. The Morgan fingerprint density at radius 2 is 1.74 bits per heavy atom. The van der Waals surface area contributed by atoms with Crippen LogP contribution in [0.2, 0.25) is 0 Å². The first-order chi connectivity index (χ1) is 16.6. The number of benzene rings is 3. The molecule has 0 unspecified atom stereocenters. The molecular formula is C25H21N5O3S. The molecule has 0 spiro atoms. The largest absolute Gasteiger partial charge is 0.497 e. The second kappa shape index (κ2) is 9.40. The topological polar surface area (TPSA) is 89.4 Å². The highest BCUT2D eigenvalue weighted by atomic mass is 32.2. The van der Waals surface area contributed by atoms with E-state index < -0.39 is 0 Å². The Morgan fingerprint density at radius 1 is 1.00 bits per heavy atom. The van der Waals surface area contributed by atoms with Gasteiger partial charge in [0.05, 0.1) is 24.2 Å². The minimum absolute atomic E-state index is 0.0170. The number of hydrogen-bond acceptors (Lipinski definition) is 6. The highest BCUT2D eigenvalue weighted by Gasteiger charge is 2.27. The summed E-state index contributed by atoms with van der Waals surface area (Å²) in [5.41, 5.74) is 3.08. The number of hydrogen-bond donors (Lipinski definition) is 1. The number of rotatable bonds is 6. The van der Waals surface area contributed by atoms with Crippen LogP contribution in [0.4, 0.5) is 11.4 Å². The zero-order valence-electron chi connectivity index (χ0n) is 18.3. The van der Waals surface area contributed by atoms with Gasteiger partial charge >= 0.3 is 0 Å². The van der Waals surface area contributed by atoms with E-state index in [-0.39, 0.29) is 24.1 Å². The Morgan fingerprint density at radius 3 is 2.50 bits per heavy atom. The molecule has 0 aliphatic carbocycles. The summed E-state index contributed by atoms with van der Waals surface area (Å²) in [6, 6.07) is 24.6. The summed E-state index contributed by atoms with van der Waals surface area (Å²) in [4.78, 5) is 26.8. The van der Waals surface area contributed by atoms with E-state index in [4.69, 9.17) is 4.74 Å². The maximum Gasteiger partial charge on any atom is 0.244 e. The van der Waals surface area contributed by atoms with Gasteiger partial charge in [0.1, 0.15) is 12.3 Å². The highest BCUT2D eigenvalue weighted by molar-refractivity contribution is 7.99. The molecule has 0 saturated carbocycles. The number of amides is 2. The van der Waals surface area contributed by atoms with Crippen LogP contribution in [0.1, 0.15) is 0 Å². The fraction of sp³-hybridized carbons (Fsp3) is 0.120. The quantitative estimate of drug-likeness (QED) is 0.427. The van der Waals surface area contributed by atoms with Crippen LogP contribution in [-0.2, 0) is 9.59 Å². The number of fused-ring (bicyclic) bond motifs is 1. The van der Waals surface area contributed by atoms with Gasteiger partial charge < -0.3 is 15.0 Å². The molecule has 5 rings (SSSR count). The summed E-state index contributed by atoms with van der Waals surface area (Å²) >= 11 is 1.28. The fourth-order valence-electron chi connectivity index (χ4n) is 3.76. The second-order valence-electron chi connectivity index (χ2n) is 7.54. The number of para-hydroxylation sites is 2. The van der Waals surface area contributed by atoms with Gasteiger partial charge in [-0.2, -0.15) is 0 Å². The van der Waals surface area contributed by atoms with Crippen LogP contribution in [-0.4, -0.2) is 46.0 Å². The number of aromatic nitrogens is 3. The average Bonchev–Trinajstić information content (AvgIpc) is 3.31. The minimum Gasteiger partial charge on any atom is -0.497 e. The van der Waals surface area contributed by atoms with E-state index in [0.717, 1.165) is 17.0 Å². The van der Waals surface area contributed by atoms with E-state index in [9.17, 15) is 9.59 Å². The maximum absolute atomic E-state index is 13.1. The smallest absolute Gasteiger partial charge is 0.244 e. The lowest BCUT2D eigenvalue weighted by Crippen LogP contribution is -2.43. The minimum atomic E-state index is -0.218. The summed E-state index contributed by atoms with van der Waals surface area (Å²) in [6.45, 7) is -0.0170. The first-order valence-electron chi connectivity index (χ1n) is 10.6. The zero-order chi connectivity index (χ0) is 23.5. The molecule has 0 bridgehead atoms. The maximum atomic E-state index is 13.1. The molecule has 3 aromatic carbocycles. The van der Waals surface area contributed by atoms with Crippen molar-refractivity contribution in [3.63, 3.8) is 0 Å². The van der Waals surface area contributed by atoms with E-state index in [1.165, 1.54) is 16.7 Å². The van der Waals surface area contributed by atoms with Crippen molar-refractivity contribution in [2.24, 2.45) is 0 Å². The van der Waals surface area contributed by atoms with Crippen molar-refractivity contribution >= 4 is 35.0 Å². The van der Waals surface area contributed by atoms with Crippen LogP contribution in [0.3, 0.4) is 0 Å². The summed E-state index contributed by atoms with van der Waals surface area (Å²) in [5.74, 6) is 1.11. The van der Waals surface area contributed by atoms with Crippen molar-refractivity contribution in [1.29, 1.82) is 0 Å². The van der Waals surface area contributed by atoms with Crippen molar-refractivity contribution in [2.45, 2.75) is 5.16 Å². The van der Waals surface area contributed by atoms with Crippen molar-refractivity contribution in [3.05, 3.63) is 78.9 Å². The molecular weight excluding hydrogens is 450 g/mol. The molecule has 9 heteroatoms. The average molecular weight is 472 g/mol. The van der Waals surface area contributed by atoms with Gasteiger partial charge in [-0.1, -0.05) is 54.2 Å². The molecule has 1 aliphatic heterocycles. The number of nitrogens with zero attached hydrogens (tertiary/aromatic N) is 4. The predicted molar refractivity (Wildman–Crippen MR) is 131 cm³/mol. The van der Waals surface area contributed by atoms with E-state index in [2.05, 4.69) is 15.5 Å². The van der Waals surface area contributed by atoms with Crippen LogP contribution in [0.25, 0.3) is 17.1 Å². The second-order valence-corrected chi connectivity index (χ2v) is 8.48. The third-order valence-electron chi connectivity index (χ3n) is 5.39. The highest BCUT2D eigenvalue weighted by Crippen LogP contribution is 2.32. The van der Waals surface area contributed by atoms with Crippen LogP contribution < -0.4 is 15.0 Å². The third kappa shape index (κ3) is 4.25. The molecule has 170 valence electrons. The molecule has 8 nitrogen and oxygen atoms in total. The Kier molecular flexibility index (Phi) is 6.01. The van der Waals surface area contributed by atoms with Gasteiger partial charge in [-0.3, -0.25) is 14.2 Å². The summed E-state index contributed by atoms with van der Waals surface area (Å²) in [7, 11) is 1.62. The van der Waals surface area contributed by atoms with Crippen LogP contribution in [0, 0.1) is 0 Å². The number of methoxy groups -OCH3 is 1. The number of thioether (sulfide) groups is 1. The standard InChI is InChI=1S/C25H21N5O3S/c1-33-19-13-11-18(12-14-19)30-24(17-7-3-2-4-8-17)27-28-25(30)34-16-23(32)29-15-22(31)26-20-9-5-6-10-21(20)29/h2-14H,15-16H2,1H3,(H,26,31). The predicted octanol–water partition coefficient (Wildman–Crippen LogP) is 4.02. The number of carbonyl (C=O) groups is 2. The van der Waals surface area contributed by atoms with E-state index in [1.807, 2.05) is 77.4 Å². The van der Waals surface area contributed by atoms with Gasteiger partial charge in [0, 0.05) is 11.3 Å². The summed E-state index contributed by atoms with van der Waals surface area (Å²) in [5, 5.41) is 12.2. The van der Waals surface area contributed by atoms with Gasteiger partial charge in [-0.05, 0) is 36.4 Å². The molecule has 1 aromatic heterocycles. The molecule has 0 saturated heterocycles. The Hall–Kier alpha value is -4.11. The van der Waals surface area contributed by atoms with Gasteiger partial charge in [-0.15, -0.1) is 10.2 Å². The van der Waals surface area contributed by atoms with Crippen molar-refractivity contribution < 1.29 is 14.3 Å². The Balaban J connectivity index is 1.44. The monoisotopic (exact) mass is 471 g/mol. The van der Waals surface area contributed by atoms with E-state index in [1.54, 1.807) is 13.2 Å². The molecule has 34 heavy (non-hydrogen) atoms. The lowest BCUT2D eigenvalue weighted by Gasteiger charge is -2.29. The summed E-state index contributed by atoms with van der Waals surface area (Å²) in [6.07, 6.45) is 0. The van der Waals surface area contributed by atoms with Crippen LogP contribution in [0.5, 0.6) is 5.75 Å². The molecule has 0 atom stereocenters. The van der Waals surface area contributed by atoms with Crippen molar-refractivity contribution in [2.75, 3.05) is 29.6 Å². The van der Waals surface area contributed by atoms with E-state index in [0.29, 0.717) is 22.4 Å². The molecule has 2 heterocycles. The van der Waals surface area contributed by atoms with Gasteiger partial charge in [0.25, 0.3) is 0 Å². The van der Waals surface area contributed by atoms with Gasteiger partial charge in [0.2, 0.25) is 11.8 Å². The number of anilines is 2. The van der Waals surface area contributed by atoms with Gasteiger partial charge in [-0.25, -0.2) is 0 Å². The Bertz CT molecular complexity index is 1340. The first kappa shape index (κ1) is 21.7. The number of carbonyl (C=O) groups excluding carboxylic acids is 2. The molecule has 0 fully saturated rings. The SMILES string of the molecule is COc1ccc(-n2c(SCC(=O)N3CC(=O)Nc4ccccc43)nnc2-c2ccccc2)cc1. The van der Waals surface area contributed by atoms with Crippen molar-refractivity contribution in [3.8, 4) is 22.8 Å². The summed E-state index contributed by atoms with van der Waals surface area (Å²) < 4.78 is 7.21. The number of ether oxygens (including phenoxy) is 1. The molecule has 0 radical (unpaired) electrons. The van der Waals surface area contributed by atoms with Gasteiger partial charge in [0.15, 0.2) is 11.0 Å². The first-order valence-corrected chi connectivity index (χ1v) is 11.6.